The highest BCUT2D eigenvalue weighted by Crippen LogP contribution is 2.33. The normalized spacial score (nSPS) is 26.0. The lowest BCUT2D eigenvalue weighted by Crippen LogP contribution is -2.64. The second-order valence-corrected chi connectivity index (χ2v) is 24.6. The summed E-state index contributed by atoms with van der Waals surface area (Å²) in [4.78, 5) is 106. The van der Waals surface area contributed by atoms with Crippen molar-refractivity contribution in [2.75, 3.05) is 77.1 Å². The number of nitrogens with two attached hydrogens (primary N) is 2. The van der Waals surface area contributed by atoms with Gasteiger partial charge in [-0.25, -0.2) is 0 Å². The predicted molar refractivity (Wildman–Crippen MR) is 334 cm³/mol. The van der Waals surface area contributed by atoms with E-state index >= 15 is 0 Å². The number of fused-ring (bicyclic) bond motifs is 2. The van der Waals surface area contributed by atoms with E-state index in [4.69, 9.17) is 25.7 Å². The SMILES string of the molecule is CCOCCCOC1CCN(c2ccc(-c3nnc(-c4ccc(C(=O)N[C@H]5C[C@@H](O)CNC(=O)[C@@H]6[C@@H](O)[C@@H](C)CN6C(=O)[C@H]([C@H](O)CCN)NC(=O)[C@H]([C@H](O)Cc6ccc(O)c(OCCN)c6)NC(=O)[C@@H]6C[C@@H](O)CN6C(=O)[C@H]([C@@H](C)O)NC5=O)cc4)s3)cc2)CC1. The Labute approximate surface area is 536 Å². The summed E-state index contributed by atoms with van der Waals surface area (Å²) in [5.41, 5.74) is 14.2. The molecule has 13 atom stereocenters. The average Bonchev–Trinajstić information content (AvgIpc) is 1.63. The summed E-state index contributed by atoms with van der Waals surface area (Å²) < 4.78 is 17.0. The van der Waals surface area contributed by atoms with Crippen molar-refractivity contribution < 1.29 is 83.5 Å². The van der Waals surface area contributed by atoms with E-state index in [0.29, 0.717) is 35.4 Å². The zero-order chi connectivity index (χ0) is 66.3. The lowest BCUT2D eigenvalue weighted by atomic mass is 9.98. The fourth-order valence-corrected chi connectivity index (χ4v) is 12.6. The fourth-order valence-electron chi connectivity index (χ4n) is 11.7. The van der Waals surface area contributed by atoms with Crippen molar-refractivity contribution in [1.82, 2.24) is 46.6 Å². The second-order valence-electron chi connectivity index (χ2n) is 23.7. The number of β-amino-alcohol motifs (C(OH)–C–C–N with tert-alkyl or cyclic N) is 1. The molecule has 4 aromatic rings. The van der Waals surface area contributed by atoms with Crippen LogP contribution in [-0.4, -0.2) is 248 Å². The molecule has 29 nitrogen and oxygen atoms in total. The highest BCUT2D eigenvalue weighted by molar-refractivity contribution is 7.17. The largest absolute Gasteiger partial charge is 0.504 e. The number of benzene rings is 3. The number of aromatic nitrogens is 2. The van der Waals surface area contributed by atoms with Gasteiger partial charge in [0.2, 0.25) is 35.4 Å². The minimum absolute atomic E-state index is 0.00565. The molecular weight excluding hydrogens is 1220 g/mol. The van der Waals surface area contributed by atoms with Crippen LogP contribution in [0.1, 0.15) is 75.2 Å². The summed E-state index contributed by atoms with van der Waals surface area (Å²) in [5, 5.41) is 101. The van der Waals surface area contributed by atoms with Gasteiger partial charge >= 0.3 is 0 Å². The molecule has 8 rings (SSSR count). The first kappa shape index (κ1) is 70.4. The number of phenolic OH excluding ortho intramolecular Hbond substituents is 1. The van der Waals surface area contributed by atoms with Gasteiger partial charge in [0.1, 0.15) is 52.9 Å². The molecule has 1 aromatic heterocycles. The molecule has 0 bridgehead atoms. The molecule has 0 spiro atoms. The van der Waals surface area contributed by atoms with Gasteiger partial charge < -0.3 is 103 Å². The smallest absolute Gasteiger partial charge is 0.251 e. The number of anilines is 1. The molecule has 0 radical (unpaired) electrons. The number of rotatable bonds is 21. The number of nitrogens with one attached hydrogen (secondary N) is 5. The standard InChI is InChI=1S/C62H86N12O17S/c1-4-89-23-5-24-90-42-17-21-72(22-18-42)39-13-11-38(12-14-39)60-71-70-59(92-60)37-9-7-36(8-10-37)54(82)66-43-28-40(76)30-65-58(86)52-53(81)33(2)31-74(52)62(88)51(46(79)16-19-63)69-57(85)50(47(80)26-35-6-15-45(78)48(27-35)91-25-20-64)68-56(84)44-29-41(77)32-73(44)61(87)49(34(3)75)67-55(43)83/h6-15,27,33-34,40-44,46-47,49-53,75-81H,4-5,16-26,28-32,63-64H2,1-3H3,(H,65,86)(H,66,82)(H,67,83)(H,68,84)(H,69,85)/t33-,34+,40+,41+,43-,44-,46+,47+,49-,50-,51-,52-,53-/m0/s1. The minimum Gasteiger partial charge on any atom is -0.504 e. The van der Waals surface area contributed by atoms with Gasteiger partial charge in [0.25, 0.3) is 5.91 Å². The van der Waals surface area contributed by atoms with Gasteiger partial charge in [0, 0.05) is 107 Å². The molecule has 4 fully saturated rings. The summed E-state index contributed by atoms with van der Waals surface area (Å²) in [6.07, 6.45) is -8.93. The summed E-state index contributed by atoms with van der Waals surface area (Å²) in [5.74, 6) is -8.65. The fraction of sp³-hybridized carbons (Fsp3) is 0.565. The van der Waals surface area contributed by atoms with Gasteiger partial charge in [-0.15, -0.1) is 10.2 Å². The molecule has 30 heteroatoms. The summed E-state index contributed by atoms with van der Waals surface area (Å²) in [7, 11) is 0. The number of aliphatic hydroxyl groups excluding tert-OH is 6. The number of nitrogens with zero attached hydrogens (tertiary/aromatic N) is 5. The monoisotopic (exact) mass is 1300 g/mol. The van der Waals surface area contributed by atoms with E-state index in [9.17, 15) is 69.3 Å². The Morgan fingerprint density at radius 3 is 2.05 bits per heavy atom. The van der Waals surface area contributed by atoms with Crippen LogP contribution in [-0.2, 0) is 44.7 Å². The van der Waals surface area contributed by atoms with Gasteiger partial charge in [-0.05, 0) is 100 Å². The van der Waals surface area contributed by atoms with E-state index in [-0.39, 0.29) is 61.4 Å². The average molecular weight is 1300 g/mol. The van der Waals surface area contributed by atoms with Crippen LogP contribution in [0.15, 0.2) is 66.7 Å². The van der Waals surface area contributed by atoms with Crippen LogP contribution >= 0.6 is 11.3 Å². The van der Waals surface area contributed by atoms with Crippen molar-refractivity contribution in [1.29, 1.82) is 0 Å². The minimum atomic E-state index is -2.04. The van der Waals surface area contributed by atoms with Crippen LogP contribution in [0.2, 0.25) is 0 Å². The lowest BCUT2D eigenvalue weighted by molar-refractivity contribution is -0.147. The third-order valence-corrected chi connectivity index (χ3v) is 17.8. The van der Waals surface area contributed by atoms with Crippen molar-refractivity contribution in [3.8, 4) is 32.6 Å². The number of carbonyl (C=O) groups is 7. The topological polar surface area (TPSA) is 436 Å². The van der Waals surface area contributed by atoms with Crippen molar-refractivity contribution in [2.45, 2.75) is 145 Å². The Balaban J connectivity index is 1.03. The molecule has 92 heavy (non-hydrogen) atoms. The molecule has 0 unspecified atom stereocenters. The second kappa shape index (κ2) is 32.9. The van der Waals surface area contributed by atoms with Crippen LogP contribution in [0.3, 0.4) is 0 Å². The van der Waals surface area contributed by atoms with E-state index in [1.807, 2.05) is 19.1 Å². The van der Waals surface area contributed by atoms with E-state index in [1.165, 1.54) is 48.6 Å². The molecule has 0 saturated carbocycles. The first-order valence-corrected chi connectivity index (χ1v) is 31.9. The van der Waals surface area contributed by atoms with E-state index < -0.39 is 152 Å². The number of aromatic hydroxyl groups is 1. The summed E-state index contributed by atoms with van der Waals surface area (Å²) in [6, 6.07) is 7.31. The Kier molecular flexibility index (Phi) is 25.1. The Morgan fingerprint density at radius 1 is 0.750 bits per heavy atom. The maximum Gasteiger partial charge on any atom is 0.251 e. The van der Waals surface area contributed by atoms with Crippen molar-refractivity contribution in [3.63, 3.8) is 0 Å². The highest BCUT2D eigenvalue weighted by Gasteiger charge is 2.50. The summed E-state index contributed by atoms with van der Waals surface area (Å²) >= 11 is 1.33. The zero-order valence-corrected chi connectivity index (χ0v) is 52.5. The maximum atomic E-state index is 14.7. The van der Waals surface area contributed by atoms with Crippen molar-refractivity contribution >= 4 is 58.4 Å². The van der Waals surface area contributed by atoms with E-state index in [1.54, 1.807) is 12.1 Å². The Bertz CT molecular complexity index is 3160. The maximum absolute atomic E-state index is 14.7. The van der Waals surface area contributed by atoms with Gasteiger partial charge in [-0.3, -0.25) is 33.6 Å². The van der Waals surface area contributed by atoms with Crippen LogP contribution in [0, 0.1) is 5.92 Å². The number of piperidine rings is 1. The number of phenols is 1. The van der Waals surface area contributed by atoms with Crippen LogP contribution in [0.4, 0.5) is 5.69 Å². The number of hydrogen-bond acceptors (Lipinski definition) is 23. The number of amides is 7. The number of carbonyl (C=O) groups excluding carboxylic acids is 7. The number of aliphatic hydroxyl groups is 6. The molecule has 4 saturated heterocycles. The van der Waals surface area contributed by atoms with Crippen LogP contribution in [0.25, 0.3) is 21.1 Å². The van der Waals surface area contributed by atoms with Gasteiger partial charge in [-0.2, -0.15) is 0 Å². The molecule has 502 valence electrons. The molecular formula is C62H86N12O17S. The van der Waals surface area contributed by atoms with Crippen molar-refractivity contribution in [3.05, 3.63) is 77.9 Å². The number of ether oxygens (including phenoxy) is 3. The van der Waals surface area contributed by atoms with E-state index in [0.717, 1.165) is 60.3 Å². The van der Waals surface area contributed by atoms with Gasteiger partial charge in [-0.1, -0.05) is 36.5 Å². The predicted octanol–water partition coefficient (Wildman–Crippen LogP) is -2.38. The van der Waals surface area contributed by atoms with Crippen molar-refractivity contribution in [2.24, 2.45) is 17.4 Å². The molecule has 16 N–H and O–H groups in total. The van der Waals surface area contributed by atoms with Gasteiger partial charge in [0.15, 0.2) is 11.5 Å². The molecule has 4 aliphatic rings. The van der Waals surface area contributed by atoms with Gasteiger partial charge in [0.05, 0.1) is 42.7 Å². The van der Waals surface area contributed by atoms with E-state index in [2.05, 4.69) is 53.8 Å². The Morgan fingerprint density at radius 2 is 1.40 bits per heavy atom. The quantitative estimate of drug-likeness (QED) is 0.0388. The highest BCUT2D eigenvalue weighted by atomic mass is 32.1. The Hall–Kier alpha value is -7.49. The summed E-state index contributed by atoms with van der Waals surface area (Å²) in [6.45, 7) is 6.83. The molecule has 5 heterocycles. The third kappa shape index (κ3) is 17.8. The third-order valence-electron chi connectivity index (χ3n) is 16.8. The zero-order valence-electron chi connectivity index (χ0n) is 51.7. The number of hydrogen-bond donors (Lipinski definition) is 14. The molecule has 3 aromatic carbocycles. The van der Waals surface area contributed by atoms with Crippen LogP contribution in [0.5, 0.6) is 11.5 Å². The molecule has 7 amide bonds. The lowest BCUT2D eigenvalue weighted by Gasteiger charge is -2.34. The molecule has 4 aliphatic heterocycles. The first-order valence-electron chi connectivity index (χ1n) is 31.1. The van der Waals surface area contributed by atoms with Crippen LogP contribution < -0.4 is 47.7 Å². The molecule has 0 aliphatic carbocycles. The first-order chi connectivity index (χ1) is 44.1.